The predicted octanol–water partition coefficient (Wildman–Crippen LogP) is 0.192. The maximum Gasteiger partial charge on any atom is 0.332 e. The second-order valence-corrected chi connectivity index (χ2v) is 4.22. The summed E-state index contributed by atoms with van der Waals surface area (Å²) >= 11 is 0. The van der Waals surface area contributed by atoms with Crippen LogP contribution in [0.15, 0.2) is 35.3 Å². The zero-order chi connectivity index (χ0) is 15.8. The van der Waals surface area contributed by atoms with Gasteiger partial charge in [0.05, 0.1) is 0 Å². The second kappa shape index (κ2) is 7.68. The lowest BCUT2D eigenvalue weighted by molar-refractivity contribution is -0.498. The van der Waals surface area contributed by atoms with Crippen LogP contribution in [-0.2, 0) is 4.79 Å². The van der Waals surface area contributed by atoms with Crippen molar-refractivity contribution in [3.63, 3.8) is 0 Å². The molecular weight excluding hydrogens is 278 g/mol. The normalized spacial score (nSPS) is 11.4. The highest BCUT2D eigenvalue weighted by molar-refractivity contribution is 5.77. The smallest absolute Gasteiger partial charge is 0.332 e. The number of hydrogen-bond acceptors (Lipinski definition) is 4. The molecule has 0 aliphatic rings. The fourth-order valence-corrected chi connectivity index (χ4v) is 1.81. The summed E-state index contributed by atoms with van der Waals surface area (Å²) in [5.74, 6) is -1.38. The van der Waals surface area contributed by atoms with Crippen molar-refractivity contribution >= 4 is 17.6 Å². The number of nitrogens with two attached hydrogens (primary N) is 2. The lowest BCUT2D eigenvalue weighted by Crippen LogP contribution is -2.45. The standard InChI is InChI=1S/C12H17N5O4/c13-12(14)15-8-4-7-10(11(18)19)16(17(20)21)9-5-2-1-3-6-9/h1-3,5-6,10H,4,7-8H2,(H,18,19)(H4,13,14,15)/t10-/m0/s1. The van der Waals surface area contributed by atoms with Crippen LogP contribution in [0.25, 0.3) is 0 Å². The van der Waals surface area contributed by atoms with Gasteiger partial charge in [0, 0.05) is 6.54 Å². The van der Waals surface area contributed by atoms with Gasteiger partial charge in [0.25, 0.3) is 0 Å². The van der Waals surface area contributed by atoms with Gasteiger partial charge in [-0.15, -0.1) is 0 Å². The SMILES string of the molecule is NC(N)=NCCC[C@@H](C(=O)O)N(c1ccccc1)[N+](=O)[O-]. The van der Waals surface area contributed by atoms with Crippen molar-refractivity contribution in [3.8, 4) is 0 Å². The molecule has 0 unspecified atom stereocenters. The van der Waals surface area contributed by atoms with E-state index in [-0.39, 0.29) is 24.6 Å². The monoisotopic (exact) mass is 295 g/mol. The van der Waals surface area contributed by atoms with Crippen molar-refractivity contribution in [2.24, 2.45) is 16.5 Å². The topological polar surface area (TPSA) is 148 Å². The fourth-order valence-electron chi connectivity index (χ4n) is 1.81. The summed E-state index contributed by atoms with van der Waals surface area (Å²) < 4.78 is 0. The van der Waals surface area contributed by atoms with E-state index < -0.39 is 17.0 Å². The highest BCUT2D eigenvalue weighted by Gasteiger charge is 2.34. The summed E-state index contributed by atoms with van der Waals surface area (Å²) in [5, 5.41) is 20.3. The summed E-state index contributed by atoms with van der Waals surface area (Å²) in [6.45, 7) is 0.215. The Morgan fingerprint density at radius 3 is 2.48 bits per heavy atom. The van der Waals surface area contributed by atoms with E-state index in [0.717, 1.165) is 0 Å². The first-order valence-electron chi connectivity index (χ1n) is 6.20. The first-order valence-corrected chi connectivity index (χ1v) is 6.20. The van der Waals surface area contributed by atoms with E-state index in [4.69, 9.17) is 11.5 Å². The van der Waals surface area contributed by atoms with Gasteiger partial charge in [-0.2, -0.15) is 0 Å². The average Bonchev–Trinajstić information content (AvgIpc) is 2.42. The van der Waals surface area contributed by atoms with E-state index >= 15 is 0 Å². The molecular formula is C12H17N5O4. The molecule has 0 aromatic heterocycles. The lowest BCUT2D eigenvalue weighted by atomic mass is 10.1. The third kappa shape index (κ3) is 4.97. The molecule has 114 valence electrons. The molecule has 1 rings (SSSR count). The Bertz CT molecular complexity index is 516. The molecule has 0 bridgehead atoms. The molecule has 0 heterocycles. The van der Waals surface area contributed by atoms with E-state index in [1.54, 1.807) is 18.2 Å². The van der Waals surface area contributed by atoms with Crippen LogP contribution in [0.1, 0.15) is 12.8 Å². The van der Waals surface area contributed by atoms with Gasteiger partial charge >= 0.3 is 5.97 Å². The lowest BCUT2D eigenvalue weighted by Gasteiger charge is -2.21. The number of aliphatic imine (C=N–C) groups is 1. The Balaban J connectivity index is 2.87. The van der Waals surface area contributed by atoms with Gasteiger partial charge < -0.3 is 16.6 Å². The fraction of sp³-hybridized carbons (Fsp3) is 0.333. The molecule has 0 aliphatic heterocycles. The highest BCUT2D eigenvalue weighted by Crippen LogP contribution is 2.19. The Morgan fingerprint density at radius 2 is 2.00 bits per heavy atom. The Hall–Kier alpha value is -2.84. The minimum atomic E-state index is -1.29. The number of hydrogen-bond donors (Lipinski definition) is 3. The van der Waals surface area contributed by atoms with Crippen molar-refractivity contribution in [1.82, 2.24) is 0 Å². The molecule has 0 saturated heterocycles. The van der Waals surface area contributed by atoms with E-state index in [2.05, 4.69) is 4.99 Å². The van der Waals surface area contributed by atoms with Crippen LogP contribution in [0.4, 0.5) is 5.69 Å². The number of aliphatic carboxylic acids is 1. The molecule has 0 fully saturated rings. The van der Waals surface area contributed by atoms with Crippen molar-refractivity contribution in [1.29, 1.82) is 0 Å². The third-order valence-corrected chi connectivity index (χ3v) is 2.71. The van der Waals surface area contributed by atoms with Crippen LogP contribution in [0.2, 0.25) is 0 Å². The molecule has 1 atom stereocenters. The van der Waals surface area contributed by atoms with Gasteiger partial charge in [0.15, 0.2) is 17.0 Å². The largest absolute Gasteiger partial charge is 0.480 e. The number of hydrazine groups is 1. The van der Waals surface area contributed by atoms with Crippen LogP contribution in [0.3, 0.4) is 0 Å². The van der Waals surface area contributed by atoms with Crippen molar-refractivity contribution in [2.45, 2.75) is 18.9 Å². The number of rotatable bonds is 8. The number of carbonyl (C=O) groups is 1. The maximum absolute atomic E-state index is 11.3. The number of nitrogens with zero attached hydrogens (tertiary/aromatic N) is 3. The Labute approximate surface area is 121 Å². The van der Waals surface area contributed by atoms with Crippen LogP contribution in [0.5, 0.6) is 0 Å². The number of anilines is 1. The zero-order valence-electron chi connectivity index (χ0n) is 11.3. The number of guanidine groups is 1. The summed E-state index contributed by atoms with van der Waals surface area (Å²) in [7, 11) is 0. The first-order chi connectivity index (χ1) is 9.93. The van der Waals surface area contributed by atoms with E-state index in [9.17, 15) is 20.0 Å². The van der Waals surface area contributed by atoms with Gasteiger partial charge in [-0.1, -0.05) is 23.2 Å². The molecule has 0 amide bonds. The number of carboxylic acid groups (broad SMARTS) is 1. The number of carboxylic acids is 1. The van der Waals surface area contributed by atoms with Crippen LogP contribution >= 0.6 is 0 Å². The van der Waals surface area contributed by atoms with Gasteiger partial charge in [-0.3, -0.25) is 4.99 Å². The molecule has 0 radical (unpaired) electrons. The molecule has 5 N–H and O–H groups in total. The Kier molecular flexibility index (Phi) is 5.93. The number of nitro groups is 1. The number of para-hydroxylation sites is 1. The van der Waals surface area contributed by atoms with Gasteiger partial charge in [0.2, 0.25) is 0 Å². The van der Waals surface area contributed by atoms with Gasteiger partial charge in [-0.05, 0) is 25.0 Å². The molecule has 1 aromatic rings. The maximum atomic E-state index is 11.3. The molecule has 0 aliphatic carbocycles. The molecule has 9 nitrogen and oxygen atoms in total. The first kappa shape index (κ1) is 16.2. The number of benzene rings is 1. The summed E-state index contributed by atoms with van der Waals surface area (Å²) in [4.78, 5) is 26.2. The van der Waals surface area contributed by atoms with E-state index in [1.807, 2.05) is 0 Å². The van der Waals surface area contributed by atoms with Crippen LogP contribution < -0.4 is 16.5 Å². The predicted molar refractivity (Wildman–Crippen MR) is 77.3 cm³/mol. The molecule has 21 heavy (non-hydrogen) atoms. The van der Waals surface area contributed by atoms with Gasteiger partial charge in [0.1, 0.15) is 5.69 Å². The molecule has 0 saturated carbocycles. The van der Waals surface area contributed by atoms with Crippen LogP contribution in [-0.4, -0.2) is 34.7 Å². The van der Waals surface area contributed by atoms with Crippen molar-refractivity contribution < 1.29 is 14.9 Å². The zero-order valence-corrected chi connectivity index (χ0v) is 11.3. The average molecular weight is 295 g/mol. The third-order valence-electron chi connectivity index (χ3n) is 2.71. The van der Waals surface area contributed by atoms with E-state index in [1.165, 1.54) is 12.1 Å². The Morgan fingerprint density at radius 1 is 1.38 bits per heavy atom. The molecule has 1 aromatic carbocycles. The minimum Gasteiger partial charge on any atom is -0.480 e. The summed E-state index contributed by atoms with van der Waals surface area (Å²) in [6.07, 6.45) is 0.355. The van der Waals surface area contributed by atoms with Gasteiger partial charge in [-0.25, -0.2) is 14.9 Å². The van der Waals surface area contributed by atoms with Crippen molar-refractivity contribution in [2.75, 3.05) is 11.6 Å². The molecule has 9 heteroatoms. The summed E-state index contributed by atoms with van der Waals surface area (Å²) in [6, 6.07) is 6.56. The minimum absolute atomic E-state index is 0.0436. The summed E-state index contributed by atoms with van der Waals surface area (Å²) in [5.41, 5.74) is 10.5. The quantitative estimate of drug-likeness (QED) is 0.204. The second-order valence-electron chi connectivity index (χ2n) is 4.22. The van der Waals surface area contributed by atoms with E-state index in [0.29, 0.717) is 11.4 Å². The van der Waals surface area contributed by atoms with Crippen molar-refractivity contribution in [3.05, 3.63) is 40.4 Å². The van der Waals surface area contributed by atoms with Crippen LogP contribution in [0, 0.1) is 10.1 Å². The molecule has 0 spiro atoms. The highest BCUT2D eigenvalue weighted by atomic mass is 16.7.